The van der Waals surface area contributed by atoms with Crippen LogP contribution in [0.1, 0.15) is 33.5 Å². The summed E-state index contributed by atoms with van der Waals surface area (Å²) >= 11 is 1.54. The molecule has 4 heteroatoms. The standard InChI is InChI=1S/C12H11NO2S/c1-7-11(8(2)15)12(10(5-14)13-7)9-3-4-16-6-9/h3-6,13H,1-2H3. The van der Waals surface area contributed by atoms with E-state index in [-0.39, 0.29) is 5.78 Å². The summed E-state index contributed by atoms with van der Waals surface area (Å²) in [5.41, 5.74) is 3.47. The van der Waals surface area contributed by atoms with Crippen LogP contribution in [0, 0.1) is 6.92 Å². The molecule has 0 bridgehead atoms. The molecule has 2 rings (SSSR count). The number of carbonyl (C=O) groups is 2. The third-order valence-electron chi connectivity index (χ3n) is 2.50. The third kappa shape index (κ3) is 1.61. The number of aryl methyl sites for hydroxylation is 1. The predicted molar refractivity (Wildman–Crippen MR) is 64.2 cm³/mol. The topological polar surface area (TPSA) is 49.9 Å². The van der Waals surface area contributed by atoms with Crippen LogP contribution in [-0.4, -0.2) is 17.1 Å². The summed E-state index contributed by atoms with van der Waals surface area (Å²) in [6.45, 7) is 3.32. The van der Waals surface area contributed by atoms with E-state index in [1.54, 1.807) is 18.3 Å². The van der Waals surface area contributed by atoms with E-state index >= 15 is 0 Å². The van der Waals surface area contributed by atoms with Gasteiger partial charge in [-0.15, -0.1) is 0 Å². The molecule has 3 nitrogen and oxygen atoms in total. The quantitative estimate of drug-likeness (QED) is 0.654. The van der Waals surface area contributed by atoms with E-state index in [9.17, 15) is 9.59 Å². The molecule has 0 saturated carbocycles. The molecule has 0 aliphatic heterocycles. The van der Waals surface area contributed by atoms with Gasteiger partial charge in [0.25, 0.3) is 0 Å². The molecule has 0 amide bonds. The number of rotatable bonds is 3. The monoisotopic (exact) mass is 233 g/mol. The zero-order valence-electron chi connectivity index (χ0n) is 9.03. The molecule has 0 spiro atoms. The summed E-state index contributed by atoms with van der Waals surface area (Å²) in [6.07, 6.45) is 0.756. The normalized spacial score (nSPS) is 10.4. The van der Waals surface area contributed by atoms with Crippen LogP contribution in [0.3, 0.4) is 0 Å². The Morgan fingerprint density at radius 3 is 2.75 bits per heavy atom. The Morgan fingerprint density at radius 2 is 2.25 bits per heavy atom. The molecule has 0 aliphatic carbocycles. The number of aldehydes is 1. The molecule has 0 aliphatic rings. The van der Waals surface area contributed by atoms with Gasteiger partial charge < -0.3 is 4.98 Å². The van der Waals surface area contributed by atoms with Crippen molar-refractivity contribution in [2.75, 3.05) is 0 Å². The molecular formula is C12H11NO2S. The first kappa shape index (κ1) is 10.8. The van der Waals surface area contributed by atoms with Crippen LogP contribution in [0.4, 0.5) is 0 Å². The Balaban J connectivity index is 2.74. The van der Waals surface area contributed by atoms with E-state index in [4.69, 9.17) is 0 Å². The summed E-state index contributed by atoms with van der Waals surface area (Å²) in [5.74, 6) is -0.0250. The highest BCUT2D eigenvalue weighted by Gasteiger charge is 2.19. The zero-order chi connectivity index (χ0) is 11.7. The molecular weight excluding hydrogens is 222 g/mol. The molecule has 2 heterocycles. The van der Waals surface area contributed by atoms with Crippen molar-refractivity contribution < 1.29 is 9.59 Å². The van der Waals surface area contributed by atoms with E-state index in [0.717, 1.165) is 23.1 Å². The first-order valence-corrected chi connectivity index (χ1v) is 5.80. The highest BCUT2D eigenvalue weighted by molar-refractivity contribution is 7.08. The SMILES string of the molecule is CC(=O)c1c(C)[nH]c(C=O)c1-c1ccsc1. The van der Waals surface area contributed by atoms with Gasteiger partial charge in [-0.1, -0.05) is 0 Å². The maximum Gasteiger partial charge on any atom is 0.166 e. The summed E-state index contributed by atoms with van der Waals surface area (Å²) < 4.78 is 0. The zero-order valence-corrected chi connectivity index (χ0v) is 9.85. The molecule has 0 unspecified atom stereocenters. The van der Waals surface area contributed by atoms with E-state index in [1.807, 2.05) is 16.8 Å². The number of ketones is 1. The van der Waals surface area contributed by atoms with E-state index in [0.29, 0.717) is 11.3 Å². The van der Waals surface area contributed by atoms with Crippen LogP contribution in [0.15, 0.2) is 16.8 Å². The molecule has 2 aromatic heterocycles. The second kappa shape index (κ2) is 4.06. The van der Waals surface area contributed by atoms with E-state index in [2.05, 4.69) is 4.98 Å². The average Bonchev–Trinajstić information content (AvgIpc) is 2.82. The molecule has 82 valence electrons. The molecule has 2 aromatic rings. The Morgan fingerprint density at radius 1 is 1.50 bits per heavy atom. The molecule has 0 saturated heterocycles. The lowest BCUT2D eigenvalue weighted by molar-refractivity contribution is 0.101. The minimum absolute atomic E-state index is 0.0250. The number of H-pyrrole nitrogens is 1. The van der Waals surface area contributed by atoms with Crippen LogP contribution in [0.25, 0.3) is 11.1 Å². The molecule has 16 heavy (non-hydrogen) atoms. The van der Waals surface area contributed by atoms with Gasteiger partial charge in [-0.2, -0.15) is 11.3 Å². The van der Waals surface area contributed by atoms with E-state index < -0.39 is 0 Å². The first-order chi connectivity index (χ1) is 7.65. The van der Waals surface area contributed by atoms with Crippen LogP contribution in [-0.2, 0) is 0 Å². The number of hydrogen-bond donors (Lipinski definition) is 1. The Labute approximate surface area is 97.1 Å². The van der Waals surface area contributed by atoms with Crippen molar-refractivity contribution in [2.24, 2.45) is 0 Å². The molecule has 1 N–H and O–H groups in total. The fourth-order valence-corrected chi connectivity index (χ4v) is 2.53. The van der Waals surface area contributed by atoms with Gasteiger partial charge in [0.1, 0.15) is 0 Å². The van der Waals surface area contributed by atoms with Crippen molar-refractivity contribution in [1.29, 1.82) is 0 Å². The second-order valence-corrected chi connectivity index (χ2v) is 4.38. The second-order valence-electron chi connectivity index (χ2n) is 3.60. The van der Waals surface area contributed by atoms with Gasteiger partial charge in [-0.3, -0.25) is 9.59 Å². The van der Waals surface area contributed by atoms with Crippen molar-refractivity contribution in [1.82, 2.24) is 4.98 Å². The fourth-order valence-electron chi connectivity index (χ4n) is 1.88. The number of thiophene rings is 1. The Hall–Kier alpha value is -1.68. The average molecular weight is 233 g/mol. The maximum atomic E-state index is 11.6. The van der Waals surface area contributed by atoms with Gasteiger partial charge in [0.2, 0.25) is 0 Å². The summed E-state index contributed by atoms with van der Waals surface area (Å²) in [6, 6.07) is 1.91. The van der Waals surface area contributed by atoms with Crippen LogP contribution < -0.4 is 0 Å². The van der Waals surface area contributed by atoms with Gasteiger partial charge in [0, 0.05) is 16.8 Å². The van der Waals surface area contributed by atoms with Crippen molar-refractivity contribution in [3.63, 3.8) is 0 Å². The predicted octanol–water partition coefficient (Wildman–Crippen LogP) is 3.07. The lowest BCUT2D eigenvalue weighted by Crippen LogP contribution is -1.95. The highest BCUT2D eigenvalue weighted by Crippen LogP contribution is 2.31. The van der Waals surface area contributed by atoms with Crippen LogP contribution in [0.5, 0.6) is 0 Å². The van der Waals surface area contributed by atoms with Crippen molar-refractivity contribution in [2.45, 2.75) is 13.8 Å². The molecule has 0 aromatic carbocycles. The summed E-state index contributed by atoms with van der Waals surface area (Å²) in [7, 11) is 0. The van der Waals surface area contributed by atoms with Crippen LogP contribution in [0.2, 0.25) is 0 Å². The minimum Gasteiger partial charge on any atom is -0.355 e. The summed E-state index contributed by atoms with van der Waals surface area (Å²) in [4.78, 5) is 25.5. The summed E-state index contributed by atoms with van der Waals surface area (Å²) in [5, 5.41) is 3.86. The maximum absolute atomic E-state index is 11.6. The number of aromatic nitrogens is 1. The largest absolute Gasteiger partial charge is 0.355 e. The van der Waals surface area contributed by atoms with Crippen molar-refractivity contribution >= 4 is 23.4 Å². The van der Waals surface area contributed by atoms with Crippen LogP contribution >= 0.6 is 11.3 Å². The highest BCUT2D eigenvalue weighted by atomic mass is 32.1. The van der Waals surface area contributed by atoms with Gasteiger partial charge in [0.05, 0.1) is 5.69 Å². The Kier molecular flexibility index (Phi) is 2.75. The van der Waals surface area contributed by atoms with Crippen molar-refractivity contribution in [3.05, 3.63) is 33.8 Å². The van der Waals surface area contributed by atoms with Gasteiger partial charge >= 0.3 is 0 Å². The first-order valence-electron chi connectivity index (χ1n) is 4.86. The van der Waals surface area contributed by atoms with E-state index in [1.165, 1.54) is 6.92 Å². The lowest BCUT2D eigenvalue weighted by atomic mass is 10.0. The number of Topliss-reactive ketones (excluding diaryl/α,β-unsaturated/α-hetero) is 1. The Bertz CT molecular complexity index is 538. The number of carbonyl (C=O) groups excluding carboxylic acids is 2. The lowest BCUT2D eigenvalue weighted by Gasteiger charge is -1.99. The third-order valence-corrected chi connectivity index (χ3v) is 3.18. The number of aromatic amines is 1. The van der Waals surface area contributed by atoms with Crippen molar-refractivity contribution in [3.8, 4) is 11.1 Å². The number of hydrogen-bond acceptors (Lipinski definition) is 3. The number of nitrogens with one attached hydrogen (secondary N) is 1. The fraction of sp³-hybridized carbons (Fsp3) is 0.167. The molecule has 0 atom stereocenters. The minimum atomic E-state index is -0.0250. The molecule has 0 fully saturated rings. The van der Waals surface area contributed by atoms with Gasteiger partial charge in [-0.05, 0) is 36.2 Å². The van der Waals surface area contributed by atoms with Gasteiger partial charge in [-0.25, -0.2) is 0 Å². The smallest absolute Gasteiger partial charge is 0.166 e. The van der Waals surface area contributed by atoms with Gasteiger partial charge in [0.15, 0.2) is 12.1 Å². The molecule has 0 radical (unpaired) electrons.